The zero-order valence-electron chi connectivity index (χ0n) is 19.0. The SMILES string of the molecule is C[C@@H]1CN(S(=O)(=O)N2CCN(c3nc(-c4ccccc4)c4ccccc4n3)CC2)C[C@@H](C)O1. The highest BCUT2D eigenvalue weighted by atomic mass is 32.2. The Labute approximate surface area is 195 Å². The fourth-order valence-corrected chi connectivity index (χ4v) is 6.37. The van der Waals surface area contributed by atoms with E-state index in [9.17, 15) is 8.42 Å². The van der Waals surface area contributed by atoms with Crippen molar-refractivity contribution in [3.63, 3.8) is 0 Å². The Bertz CT molecular complexity index is 1220. The first-order chi connectivity index (χ1) is 15.9. The lowest BCUT2D eigenvalue weighted by atomic mass is 10.1. The number of piperazine rings is 1. The smallest absolute Gasteiger partial charge is 0.282 e. The Kier molecular flexibility index (Phi) is 6.05. The average Bonchev–Trinajstić information content (AvgIpc) is 2.83. The molecule has 8 nitrogen and oxygen atoms in total. The van der Waals surface area contributed by atoms with Gasteiger partial charge in [0.2, 0.25) is 5.95 Å². The Morgan fingerprint density at radius 2 is 1.45 bits per heavy atom. The van der Waals surface area contributed by atoms with Crippen molar-refractivity contribution in [2.24, 2.45) is 0 Å². The number of hydrogen-bond acceptors (Lipinski definition) is 6. The highest BCUT2D eigenvalue weighted by molar-refractivity contribution is 7.86. The normalized spacial score (nSPS) is 23.2. The van der Waals surface area contributed by atoms with E-state index in [0.29, 0.717) is 45.2 Å². The van der Waals surface area contributed by atoms with Gasteiger partial charge >= 0.3 is 0 Å². The van der Waals surface area contributed by atoms with Gasteiger partial charge in [-0.05, 0) is 19.9 Å². The summed E-state index contributed by atoms with van der Waals surface area (Å²) in [5.41, 5.74) is 2.81. The van der Waals surface area contributed by atoms with E-state index in [0.717, 1.165) is 22.2 Å². The van der Waals surface area contributed by atoms with Crippen LogP contribution in [0.25, 0.3) is 22.2 Å². The molecule has 2 saturated heterocycles. The number of rotatable bonds is 4. The molecule has 2 fully saturated rings. The van der Waals surface area contributed by atoms with Crippen LogP contribution in [0, 0.1) is 0 Å². The fourth-order valence-electron chi connectivity index (χ4n) is 4.62. The lowest BCUT2D eigenvalue weighted by molar-refractivity contribution is -0.0455. The van der Waals surface area contributed by atoms with E-state index in [2.05, 4.69) is 4.90 Å². The lowest BCUT2D eigenvalue weighted by Crippen LogP contribution is -2.57. The van der Waals surface area contributed by atoms with Gasteiger partial charge in [0, 0.05) is 50.2 Å². The van der Waals surface area contributed by atoms with Crippen LogP contribution >= 0.6 is 0 Å². The maximum atomic E-state index is 13.2. The first kappa shape index (κ1) is 22.2. The molecule has 9 heteroatoms. The maximum Gasteiger partial charge on any atom is 0.282 e. The summed E-state index contributed by atoms with van der Waals surface area (Å²) in [6, 6.07) is 18.1. The van der Waals surface area contributed by atoms with Crippen LogP contribution in [0.1, 0.15) is 13.8 Å². The number of ether oxygens (including phenoxy) is 1. The molecule has 0 N–H and O–H groups in total. The van der Waals surface area contributed by atoms with E-state index in [1.165, 1.54) is 0 Å². The van der Waals surface area contributed by atoms with E-state index in [1.54, 1.807) is 8.61 Å². The molecule has 3 heterocycles. The van der Waals surface area contributed by atoms with Crippen LogP contribution in [-0.4, -0.2) is 78.5 Å². The molecule has 0 radical (unpaired) electrons. The van der Waals surface area contributed by atoms with Crippen molar-refractivity contribution in [1.29, 1.82) is 0 Å². The molecule has 0 saturated carbocycles. The van der Waals surface area contributed by atoms with Crippen LogP contribution in [0.2, 0.25) is 0 Å². The standard InChI is InChI=1S/C24H29N5O3S/c1-18-16-29(17-19(2)32-18)33(30,31)28-14-12-27(13-15-28)24-25-22-11-7-6-10-21(22)23(26-24)20-8-4-3-5-9-20/h3-11,18-19H,12-17H2,1-2H3/t18-,19-/m1/s1. The second kappa shape index (κ2) is 8.98. The highest BCUT2D eigenvalue weighted by Gasteiger charge is 2.37. The number of fused-ring (bicyclic) bond motifs is 1. The topological polar surface area (TPSA) is 78.9 Å². The number of hydrogen-bond donors (Lipinski definition) is 0. The van der Waals surface area contributed by atoms with Gasteiger partial charge in [0.1, 0.15) is 0 Å². The van der Waals surface area contributed by atoms with E-state index < -0.39 is 10.2 Å². The maximum absolute atomic E-state index is 13.2. The van der Waals surface area contributed by atoms with Gasteiger partial charge in [0.15, 0.2) is 0 Å². The van der Waals surface area contributed by atoms with Crippen molar-refractivity contribution >= 4 is 27.1 Å². The third kappa shape index (κ3) is 4.46. The summed E-state index contributed by atoms with van der Waals surface area (Å²) in [5, 5.41) is 1.00. The molecular formula is C24H29N5O3S. The van der Waals surface area contributed by atoms with E-state index >= 15 is 0 Å². The molecule has 0 amide bonds. The van der Waals surface area contributed by atoms with Gasteiger partial charge < -0.3 is 9.64 Å². The van der Waals surface area contributed by atoms with Crippen molar-refractivity contribution in [1.82, 2.24) is 18.6 Å². The largest absolute Gasteiger partial charge is 0.373 e. The molecular weight excluding hydrogens is 438 g/mol. The molecule has 0 spiro atoms. The Morgan fingerprint density at radius 1 is 0.818 bits per heavy atom. The summed E-state index contributed by atoms with van der Waals surface area (Å²) in [6.07, 6.45) is -0.209. The minimum atomic E-state index is -3.52. The number of nitrogens with zero attached hydrogens (tertiary/aromatic N) is 5. The summed E-state index contributed by atoms with van der Waals surface area (Å²) < 4.78 is 35.3. The Balaban J connectivity index is 1.38. The van der Waals surface area contributed by atoms with E-state index in [-0.39, 0.29) is 12.2 Å². The van der Waals surface area contributed by atoms with Gasteiger partial charge in [-0.25, -0.2) is 9.97 Å². The highest BCUT2D eigenvalue weighted by Crippen LogP contribution is 2.29. The number of anilines is 1. The van der Waals surface area contributed by atoms with Crippen LogP contribution in [0.15, 0.2) is 54.6 Å². The number of morpholine rings is 1. The number of para-hydroxylation sites is 1. The molecule has 0 bridgehead atoms. The first-order valence-electron chi connectivity index (χ1n) is 11.4. The molecule has 2 atom stereocenters. The monoisotopic (exact) mass is 467 g/mol. The van der Waals surface area contributed by atoms with Crippen LogP contribution in [0.5, 0.6) is 0 Å². The summed E-state index contributed by atoms with van der Waals surface area (Å²) in [7, 11) is -3.52. The molecule has 174 valence electrons. The molecule has 2 aliphatic heterocycles. The molecule has 3 aromatic rings. The predicted molar refractivity (Wildman–Crippen MR) is 129 cm³/mol. The number of aromatic nitrogens is 2. The van der Waals surface area contributed by atoms with Crippen LogP contribution < -0.4 is 4.90 Å². The van der Waals surface area contributed by atoms with Crippen molar-refractivity contribution in [3.8, 4) is 11.3 Å². The lowest BCUT2D eigenvalue weighted by Gasteiger charge is -2.40. The fraction of sp³-hybridized carbons (Fsp3) is 0.417. The van der Waals surface area contributed by atoms with Gasteiger partial charge in [-0.2, -0.15) is 17.0 Å². The quantitative estimate of drug-likeness (QED) is 0.587. The minimum Gasteiger partial charge on any atom is -0.373 e. The second-order valence-corrected chi connectivity index (χ2v) is 10.7. The van der Waals surface area contributed by atoms with Gasteiger partial charge in [0.05, 0.1) is 23.4 Å². The van der Waals surface area contributed by atoms with Gasteiger partial charge in [-0.15, -0.1) is 0 Å². The van der Waals surface area contributed by atoms with Crippen molar-refractivity contribution in [2.45, 2.75) is 26.1 Å². The van der Waals surface area contributed by atoms with Gasteiger partial charge in [0.25, 0.3) is 10.2 Å². The molecule has 0 aliphatic carbocycles. The summed E-state index contributed by atoms with van der Waals surface area (Å²) in [5.74, 6) is 0.637. The molecule has 5 rings (SSSR count). The van der Waals surface area contributed by atoms with Gasteiger partial charge in [-0.3, -0.25) is 0 Å². The first-order valence-corrected chi connectivity index (χ1v) is 12.8. The Morgan fingerprint density at radius 3 is 2.15 bits per heavy atom. The van der Waals surface area contributed by atoms with E-state index in [1.807, 2.05) is 68.4 Å². The summed E-state index contributed by atoms with van der Waals surface area (Å²) in [4.78, 5) is 11.8. The zero-order valence-corrected chi connectivity index (χ0v) is 19.8. The minimum absolute atomic E-state index is 0.104. The third-order valence-electron chi connectivity index (χ3n) is 6.20. The molecule has 2 aliphatic rings. The van der Waals surface area contributed by atoms with Crippen molar-refractivity contribution < 1.29 is 13.2 Å². The summed E-state index contributed by atoms with van der Waals surface area (Å²) in [6.45, 7) is 6.50. The second-order valence-electron chi connectivity index (χ2n) is 8.72. The third-order valence-corrected chi connectivity index (χ3v) is 8.17. The molecule has 1 aromatic heterocycles. The van der Waals surface area contributed by atoms with Crippen LogP contribution in [-0.2, 0) is 14.9 Å². The Hall–Kier alpha value is -2.59. The number of benzene rings is 2. The van der Waals surface area contributed by atoms with Crippen LogP contribution in [0.3, 0.4) is 0 Å². The predicted octanol–water partition coefficient (Wildman–Crippen LogP) is 2.77. The van der Waals surface area contributed by atoms with Gasteiger partial charge in [-0.1, -0.05) is 48.5 Å². The van der Waals surface area contributed by atoms with E-state index in [4.69, 9.17) is 14.7 Å². The summed E-state index contributed by atoms with van der Waals surface area (Å²) >= 11 is 0. The molecule has 0 unspecified atom stereocenters. The average molecular weight is 468 g/mol. The van der Waals surface area contributed by atoms with Crippen molar-refractivity contribution in [2.75, 3.05) is 44.2 Å². The molecule has 2 aromatic carbocycles. The van der Waals surface area contributed by atoms with Crippen LogP contribution in [0.4, 0.5) is 5.95 Å². The van der Waals surface area contributed by atoms with Crippen molar-refractivity contribution in [3.05, 3.63) is 54.6 Å². The molecule has 33 heavy (non-hydrogen) atoms. The zero-order chi connectivity index (χ0) is 23.0.